The van der Waals surface area contributed by atoms with Gasteiger partial charge in [0, 0.05) is 32.8 Å². The van der Waals surface area contributed by atoms with Crippen LogP contribution in [0.2, 0.25) is 6.04 Å². The molecule has 5 rings (SSSR count). The van der Waals surface area contributed by atoms with Crippen molar-refractivity contribution in [3.63, 3.8) is 0 Å². The van der Waals surface area contributed by atoms with Crippen molar-refractivity contribution in [2.24, 2.45) is 0 Å². The molecule has 0 aliphatic carbocycles. The molecule has 1 fully saturated rings. The van der Waals surface area contributed by atoms with Crippen molar-refractivity contribution in [2.45, 2.75) is 37.2 Å². The number of aromatic nitrogens is 2. The van der Waals surface area contributed by atoms with Crippen LogP contribution >= 0.6 is 0 Å². The number of rotatable bonds is 7. The minimum atomic E-state index is -0.738. The van der Waals surface area contributed by atoms with E-state index in [1.807, 2.05) is 48.5 Å². The molecule has 1 saturated heterocycles. The van der Waals surface area contributed by atoms with Crippen LogP contribution in [0.5, 0.6) is 5.75 Å². The molecule has 2 aliphatic heterocycles. The highest BCUT2D eigenvalue weighted by molar-refractivity contribution is 6.92. The van der Waals surface area contributed by atoms with E-state index < -0.39 is 20.6 Å². The van der Waals surface area contributed by atoms with Crippen LogP contribution in [0.4, 0.5) is 0 Å². The summed E-state index contributed by atoms with van der Waals surface area (Å²) in [5.41, 5.74) is 3.30. The second-order valence-electron chi connectivity index (χ2n) is 8.78. The van der Waals surface area contributed by atoms with E-state index in [-0.39, 0.29) is 12.5 Å². The summed E-state index contributed by atoms with van der Waals surface area (Å²) in [6.45, 7) is 2.06. The van der Waals surface area contributed by atoms with Crippen molar-refractivity contribution < 1.29 is 19.7 Å². The first-order valence-corrected chi connectivity index (χ1v) is 13.5. The van der Waals surface area contributed by atoms with Gasteiger partial charge in [-0.3, -0.25) is 4.79 Å². The minimum Gasteiger partial charge on any atom is -0.490 e. The SMILES string of the molecule is C[C@H](O)c1nccn1[C@@H](C#Cc1ccc(-c2ccc(OCC3=[Si]4CCC(=O)NC34)cc2)cc1)CO. The highest BCUT2D eigenvalue weighted by atomic mass is 28.2. The third kappa shape index (κ3) is 5.12. The van der Waals surface area contributed by atoms with Gasteiger partial charge >= 0.3 is 0 Å². The third-order valence-electron chi connectivity index (χ3n) is 6.38. The first-order valence-electron chi connectivity index (χ1n) is 11.7. The highest BCUT2D eigenvalue weighted by Crippen LogP contribution is 2.24. The van der Waals surface area contributed by atoms with Crippen LogP contribution in [0.1, 0.15) is 36.9 Å². The Morgan fingerprint density at radius 1 is 1.20 bits per heavy atom. The zero-order valence-electron chi connectivity index (χ0n) is 19.4. The molecule has 178 valence electrons. The van der Waals surface area contributed by atoms with Gasteiger partial charge in [0.1, 0.15) is 30.3 Å². The molecule has 0 radical (unpaired) electrons. The third-order valence-corrected chi connectivity index (χ3v) is 9.31. The quantitative estimate of drug-likeness (QED) is 0.352. The maximum atomic E-state index is 11.5. The van der Waals surface area contributed by atoms with Gasteiger partial charge in [0.15, 0.2) is 0 Å². The number of nitrogens with zero attached hydrogens (tertiary/aromatic N) is 2. The number of aliphatic hydroxyl groups is 2. The summed E-state index contributed by atoms with van der Waals surface area (Å²) in [6, 6.07) is 16.5. The van der Waals surface area contributed by atoms with Crippen LogP contribution in [0.25, 0.3) is 11.1 Å². The zero-order chi connectivity index (χ0) is 24.4. The van der Waals surface area contributed by atoms with Crippen molar-refractivity contribution in [1.29, 1.82) is 0 Å². The Bertz CT molecular complexity index is 1320. The van der Waals surface area contributed by atoms with E-state index in [9.17, 15) is 15.0 Å². The number of carbonyl (C=O) groups is 1. The van der Waals surface area contributed by atoms with Gasteiger partial charge in [-0.2, -0.15) is 0 Å². The van der Waals surface area contributed by atoms with Crippen molar-refractivity contribution in [1.82, 2.24) is 14.9 Å². The van der Waals surface area contributed by atoms with Gasteiger partial charge < -0.3 is 24.8 Å². The van der Waals surface area contributed by atoms with Crippen molar-refractivity contribution in [3.05, 3.63) is 72.3 Å². The molecule has 35 heavy (non-hydrogen) atoms. The summed E-state index contributed by atoms with van der Waals surface area (Å²) in [4.78, 5) is 15.6. The molecule has 0 bridgehead atoms. The lowest BCUT2D eigenvalue weighted by Crippen LogP contribution is -2.36. The summed E-state index contributed by atoms with van der Waals surface area (Å²) >= 11 is 0. The van der Waals surface area contributed by atoms with Gasteiger partial charge in [0.05, 0.1) is 12.3 Å². The molecule has 8 heteroatoms. The Labute approximate surface area is 205 Å². The summed E-state index contributed by atoms with van der Waals surface area (Å²) in [7, 11) is -0.533. The molecule has 2 aromatic carbocycles. The van der Waals surface area contributed by atoms with Crippen molar-refractivity contribution >= 4 is 19.5 Å². The lowest BCUT2D eigenvalue weighted by molar-refractivity contribution is -0.120. The second-order valence-corrected chi connectivity index (χ2v) is 11.5. The maximum absolute atomic E-state index is 11.5. The largest absolute Gasteiger partial charge is 0.490 e. The molecule has 1 amide bonds. The molecular weight excluding hydrogens is 458 g/mol. The van der Waals surface area contributed by atoms with E-state index in [1.54, 1.807) is 23.9 Å². The van der Waals surface area contributed by atoms with Gasteiger partial charge in [-0.05, 0) is 53.5 Å². The first-order chi connectivity index (χ1) is 17.0. The molecule has 3 N–H and O–H groups in total. The standard InChI is InChI=1S/C27H27N3O4Si/c1-18(32)26-28-13-14-30(26)22(16-31)9-4-19-2-5-20(6-3-19)21-7-10-23(11-8-21)34-17-24-27-29-25(33)12-15-35(24)27/h2-3,5-8,10-11,13-14,18,22,27,31-32H,12,15-17H2,1H3,(H,29,33)/t18-,22-,27?/m0/s1. The number of carbonyl (C=O) groups excluding carboxylic acids is 1. The number of amides is 1. The average Bonchev–Trinajstić information content (AvgIpc) is 3.31. The molecule has 2 aliphatic rings. The van der Waals surface area contributed by atoms with Crippen LogP contribution < -0.4 is 10.1 Å². The summed E-state index contributed by atoms with van der Waals surface area (Å²) in [5.74, 6) is 7.65. The van der Waals surface area contributed by atoms with Crippen LogP contribution in [-0.4, -0.2) is 58.1 Å². The number of fused-ring (bicyclic) bond motifs is 1. The first kappa shape index (κ1) is 23.2. The summed E-state index contributed by atoms with van der Waals surface area (Å²) in [5, 5.41) is 24.1. The van der Waals surface area contributed by atoms with Crippen LogP contribution in [0.3, 0.4) is 0 Å². The van der Waals surface area contributed by atoms with Gasteiger partial charge in [-0.25, -0.2) is 4.98 Å². The fraction of sp³-hybridized carbons (Fsp3) is 0.296. The topological polar surface area (TPSA) is 96.6 Å². The van der Waals surface area contributed by atoms with E-state index >= 15 is 0 Å². The number of aliphatic hydroxyl groups excluding tert-OH is 2. The predicted molar refractivity (Wildman–Crippen MR) is 135 cm³/mol. The molecule has 1 unspecified atom stereocenters. The monoisotopic (exact) mass is 485 g/mol. The molecule has 3 aromatic rings. The number of nitrogens with one attached hydrogen (secondary N) is 1. The minimum absolute atomic E-state index is 0.164. The number of ether oxygens (including phenoxy) is 1. The van der Waals surface area contributed by atoms with Gasteiger partial charge in [-0.1, -0.05) is 36.1 Å². The fourth-order valence-electron chi connectivity index (χ4n) is 4.39. The molecule has 7 nitrogen and oxygen atoms in total. The van der Waals surface area contributed by atoms with E-state index in [0.717, 1.165) is 28.5 Å². The Hall–Kier alpha value is -3.51. The number of imidazole rings is 1. The molecule has 0 spiro atoms. The molecule has 3 heterocycles. The Morgan fingerprint density at radius 2 is 1.91 bits per heavy atom. The molecule has 0 saturated carbocycles. The smallest absolute Gasteiger partial charge is 0.220 e. The molecule has 1 aromatic heterocycles. The highest BCUT2D eigenvalue weighted by Gasteiger charge is 2.41. The number of hydrogen-bond acceptors (Lipinski definition) is 5. The van der Waals surface area contributed by atoms with Gasteiger partial charge in [0.25, 0.3) is 0 Å². The molecular formula is C27H27N3O4Si. The van der Waals surface area contributed by atoms with Gasteiger partial charge in [-0.15, -0.1) is 0 Å². The van der Waals surface area contributed by atoms with Crippen molar-refractivity contribution in [2.75, 3.05) is 13.2 Å². The van der Waals surface area contributed by atoms with Crippen molar-refractivity contribution in [3.8, 4) is 28.7 Å². The van der Waals surface area contributed by atoms with E-state index in [2.05, 4.69) is 22.1 Å². The summed E-state index contributed by atoms with van der Waals surface area (Å²) in [6.07, 6.45) is 3.22. The second kappa shape index (κ2) is 10.00. The summed E-state index contributed by atoms with van der Waals surface area (Å²) < 4.78 is 7.66. The predicted octanol–water partition coefficient (Wildman–Crippen LogP) is 2.26. The number of benzene rings is 2. The van der Waals surface area contributed by atoms with Crippen LogP contribution in [0.15, 0.2) is 60.9 Å². The van der Waals surface area contributed by atoms with Crippen LogP contribution in [0, 0.1) is 11.8 Å². The lowest BCUT2D eigenvalue weighted by Gasteiger charge is -2.14. The van der Waals surface area contributed by atoms with E-state index in [1.165, 1.54) is 5.17 Å². The van der Waals surface area contributed by atoms with E-state index in [0.29, 0.717) is 24.5 Å². The fourth-order valence-corrected chi connectivity index (χ4v) is 7.18. The van der Waals surface area contributed by atoms with Gasteiger partial charge in [0.2, 0.25) is 5.91 Å². The normalized spacial score (nSPS) is 18.1. The van der Waals surface area contributed by atoms with E-state index in [4.69, 9.17) is 4.74 Å². The van der Waals surface area contributed by atoms with Crippen LogP contribution in [-0.2, 0) is 4.79 Å². The average molecular weight is 486 g/mol. The zero-order valence-corrected chi connectivity index (χ0v) is 20.4. The maximum Gasteiger partial charge on any atom is 0.220 e. The Morgan fingerprint density at radius 3 is 2.57 bits per heavy atom. The lowest BCUT2D eigenvalue weighted by atomic mass is 10.0. The Kier molecular flexibility index (Phi) is 6.64. The Balaban J connectivity index is 1.20. The molecule has 3 atom stereocenters. The number of hydrogen-bond donors (Lipinski definition) is 3.